The first-order valence-corrected chi connectivity index (χ1v) is 7.47. The lowest BCUT2D eigenvalue weighted by atomic mass is 10.0. The maximum absolute atomic E-state index is 12.4. The zero-order chi connectivity index (χ0) is 14.7. The molecule has 4 heteroatoms. The molecule has 0 spiro atoms. The Labute approximate surface area is 124 Å². The summed E-state index contributed by atoms with van der Waals surface area (Å²) in [5.74, 6) is -0.0540. The molecule has 1 unspecified atom stereocenters. The van der Waals surface area contributed by atoms with Gasteiger partial charge in [0.1, 0.15) is 6.04 Å². The van der Waals surface area contributed by atoms with E-state index >= 15 is 0 Å². The van der Waals surface area contributed by atoms with Crippen LogP contribution in [0.3, 0.4) is 0 Å². The maximum Gasteiger partial charge on any atom is 0.244 e. The van der Waals surface area contributed by atoms with Crippen molar-refractivity contribution in [1.29, 1.82) is 0 Å². The molecule has 2 rings (SSSR count). The number of rotatable bonds is 4. The fraction of sp³-hybridized carbons (Fsp3) is 0.312. The minimum atomic E-state index is -0.596. The zero-order valence-electron chi connectivity index (χ0n) is 12.1. The van der Waals surface area contributed by atoms with Gasteiger partial charge in [0.05, 0.1) is 6.54 Å². The highest BCUT2D eigenvalue weighted by Crippen LogP contribution is 2.19. The molecule has 1 aromatic carbocycles. The van der Waals surface area contributed by atoms with Gasteiger partial charge < -0.3 is 10.6 Å². The van der Waals surface area contributed by atoms with Crippen LogP contribution >= 0.6 is 11.3 Å². The molecule has 0 radical (unpaired) electrons. The molecule has 0 aliphatic rings. The molecule has 0 saturated carbocycles. The number of carbonyl (C=O) groups is 1. The van der Waals surface area contributed by atoms with Crippen molar-refractivity contribution in [3.63, 3.8) is 0 Å². The number of thiophene rings is 1. The average Bonchev–Trinajstić information content (AvgIpc) is 2.83. The summed E-state index contributed by atoms with van der Waals surface area (Å²) in [4.78, 5) is 15.3. The molecule has 0 fully saturated rings. The van der Waals surface area contributed by atoms with Crippen LogP contribution in [0.5, 0.6) is 0 Å². The van der Waals surface area contributed by atoms with E-state index in [0.29, 0.717) is 6.54 Å². The van der Waals surface area contributed by atoms with E-state index in [1.54, 1.807) is 23.3 Å². The molecule has 1 atom stereocenters. The lowest BCUT2D eigenvalue weighted by Crippen LogP contribution is -2.35. The Balaban J connectivity index is 2.06. The summed E-state index contributed by atoms with van der Waals surface area (Å²) in [7, 11) is 1.80. The van der Waals surface area contributed by atoms with Crippen molar-refractivity contribution < 1.29 is 4.79 Å². The van der Waals surface area contributed by atoms with Gasteiger partial charge in [0, 0.05) is 11.9 Å². The standard InChI is InChI=1S/C16H20N2OS/c1-11-4-6-13(7-5-11)15(17)16(19)18(3)10-14-12(2)8-9-20-14/h4-9,15H,10,17H2,1-3H3. The van der Waals surface area contributed by atoms with E-state index in [9.17, 15) is 4.79 Å². The SMILES string of the molecule is Cc1ccc(C(N)C(=O)N(C)Cc2sccc2C)cc1. The number of benzene rings is 1. The molecule has 1 amide bonds. The van der Waals surface area contributed by atoms with Crippen LogP contribution < -0.4 is 5.73 Å². The van der Waals surface area contributed by atoms with Crippen LogP contribution in [-0.2, 0) is 11.3 Å². The summed E-state index contributed by atoms with van der Waals surface area (Å²) in [5, 5.41) is 2.04. The number of hydrogen-bond donors (Lipinski definition) is 1. The highest BCUT2D eigenvalue weighted by Gasteiger charge is 2.20. The van der Waals surface area contributed by atoms with Crippen LogP contribution in [-0.4, -0.2) is 17.9 Å². The predicted octanol–water partition coefficient (Wildman–Crippen LogP) is 3.02. The van der Waals surface area contributed by atoms with Crippen molar-refractivity contribution in [3.8, 4) is 0 Å². The predicted molar refractivity (Wildman–Crippen MR) is 83.6 cm³/mol. The van der Waals surface area contributed by atoms with Gasteiger partial charge in [-0.05, 0) is 36.4 Å². The zero-order valence-corrected chi connectivity index (χ0v) is 12.9. The van der Waals surface area contributed by atoms with Gasteiger partial charge in [-0.3, -0.25) is 4.79 Å². The van der Waals surface area contributed by atoms with E-state index < -0.39 is 6.04 Å². The van der Waals surface area contributed by atoms with Crippen LogP contribution in [0.25, 0.3) is 0 Å². The third kappa shape index (κ3) is 3.26. The fourth-order valence-corrected chi connectivity index (χ4v) is 2.97. The number of carbonyl (C=O) groups excluding carboxylic acids is 1. The summed E-state index contributed by atoms with van der Waals surface area (Å²) < 4.78 is 0. The van der Waals surface area contributed by atoms with E-state index in [1.165, 1.54) is 10.4 Å². The maximum atomic E-state index is 12.4. The highest BCUT2D eigenvalue weighted by molar-refractivity contribution is 7.10. The van der Waals surface area contributed by atoms with Gasteiger partial charge in [-0.15, -0.1) is 11.3 Å². The van der Waals surface area contributed by atoms with E-state index in [-0.39, 0.29) is 5.91 Å². The van der Waals surface area contributed by atoms with E-state index in [2.05, 4.69) is 13.0 Å². The highest BCUT2D eigenvalue weighted by atomic mass is 32.1. The first-order valence-electron chi connectivity index (χ1n) is 6.59. The molecule has 106 valence electrons. The number of nitrogens with two attached hydrogens (primary N) is 1. The van der Waals surface area contributed by atoms with Crippen LogP contribution in [0.2, 0.25) is 0 Å². The van der Waals surface area contributed by atoms with Crippen molar-refractivity contribution in [2.45, 2.75) is 26.4 Å². The van der Waals surface area contributed by atoms with Crippen LogP contribution in [0.4, 0.5) is 0 Å². The number of aryl methyl sites for hydroxylation is 2. The Morgan fingerprint density at radius 1 is 1.25 bits per heavy atom. The summed E-state index contributed by atoms with van der Waals surface area (Å²) in [6.07, 6.45) is 0. The minimum Gasteiger partial charge on any atom is -0.339 e. The Morgan fingerprint density at radius 2 is 1.90 bits per heavy atom. The fourth-order valence-electron chi connectivity index (χ4n) is 2.01. The monoisotopic (exact) mass is 288 g/mol. The molecule has 0 saturated heterocycles. The molecule has 1 heterocycles. The van der Waals surface area contributed by atoms with Crippen LogP contribution in [0, 0.1) is 13.8 Å². The molecule has 0 aliphatic carbocycles. The average molecular weight is 288 g/mol. The second-order valence-corrected chi connectivity index (χ2v) is 6.11. The number of nitrogens with zero attached hydrogens (tertiary/aromatic N) is 1. The van der Waals surface area contributed by atoms with Crippen LogP contribution in [0.15, 0.2) is 35.7 Å². The molecule has 20 heavy (non-hydrogen) atoms. The Bertz CT molecular complexity index is 589. The normalized spacial score (nSPS) is 12.2. The van der Waals surface area contributed by atoms with Crippen molar-refractivity contribution >= 4 is 17.2 Å². The second-order valence-electron chi connectivity index (χ2n) is 5.11. The molecule has 1 aromatic heterocycles. The van der Waals surface area contributed by atoms with Gasteiger partial charge in [0.25, 0.3) is 0 Å². The number of hydrogen-bond acceptors (Lipinski definition) is 3. The van der Waals surface area contributed by atoms with Gasteiger partial charge in [-0.1, -0.05) is 29.8 Å². The number of amides is 1. The first kappa shape index (κ1) is 14.8. The lowest BCUT2D eigenvalue weighted by molar-refractivity contribution is -0.131. The molecular formula is C16H20N2OS. The Hall–Kier alpha value is -1.65. The topological polar surface area (TPSA) is 46.3 Å². The molecule has 0 aliphatic heterocycles. The largest absolute Gasteiger partial charge is 0.339 e. The van der Waals surface area contributed by atoms with Gasteiger partial charge in [0.15, 0.2) is 0 Å². The van der Waals surface area contributed by atoms with Gasteiger partial charge in [0.2, 0.25) is 5.91 Å². The summed E-state index contributed by atoms with van der Waals surface area (Å²) in [5.41, 5.74) is 9.31. The van der Waals surface area contributed by atoms with Gasteiger partial charge >= 0.3 is 0 Å². The van der Waals surface area contributed by atoms with Gasteiger partial charge in [-0.2, -0.15) is 0 Å². The third-order valence-corrected chi connectivity index (χ3v) is 4.44. The number of likely N-dealkylation sites (N-methyl/N-ethyl adjacent to an activating group) is 1. The minimum absolute atomic E-state index is 0.0540. The molecule has 2 N–H and O–H groups in total. The molecule has 0 bridgehead atoms. The van der Waals surface area contributed by atoms with E-state index in [4.69, 9.17) is 5.73 Å². The van der Waals surface area contributed by atoms with Gasteiger partial charge in [-0.25, -0.2) is 0 Å². The van der Waals surface area contributed by atoms with Crippen molar-refractivity contribution in [1.82, 2.24) is 4.90 Å². The van der Waals surface area contributed by atoms with E-state index in [0.717, 1.165) is 11.1 Å². The first-order chi connectivity index (χ1) is 9.49. The lowest BCUT2D eigenvalue weighted by Gasteiger charge is -2.21. The van der Waals surface area contributed by atoms with Crippen LogP contribution in [0.1, 0.15) is 27.6 Å². The summed E-state index contributed by atoms with van der Waals surface area (Å²) in [6, 6.07) is 9.26. The van der Waals surface area contributed by atoms with Crippen molar-refractivity contribution in [3.05, 3.63) is 57.3 Å². The summed E-state index contributed by atoms with van der Waals surface area (Å²) >= 11 is 1.67. The van der Waals surface area contributed by atoms with Crippen molar-refractivity contribution in [2.24, 2.45) is 5.73 Å². The second kappa shape index (κ2) is 6.20. The van der Waals surface area contributed by atoms with Crippen molar-refractivity contribution in [2.75, 3.05) is 7.05 Å². The Morgan fingerprint density at radius 3 is 2.45 bits per heavy atom. The Kier molecular flexibility index (Phi) is 4.57. The smallest absolute Gasteiger partial charge is 0.244 e. The molecular weight excluding hydrogens is 268 g/mol. The molecule has 3 nitrogen and oxygen atoms in total. The third-order valence-electron chi connectivity index (χ3n) is 3.43. The summed E-state index contributed by atoms with van der Waals surface area (Å²) in [6.45, 7) is 4.69. The quantitative estimate of drug-likeness (QED) is 0.940. The molecule has 2 aromatic rings. The van der Waals surface area contributed by atoms with E-state index in [1.807, 2.05) is 36.6 Å².